The SMILES string of the molecule is Cc1cc(C(=O)c2cccc(F)c2F)cc(C)c1F. The van der Waals surface area contributed by atoms with Gasteiger partial charge in [-0.25, -0.2) is 13.2 Å². The predicted octanol–water partition coefficient (Wildman–Crippen LogP) is 3.95. The molecule has 0 saturated carbocycles. The molecule has 0 aliphatic heterocycles. The Kier molecular flexibility index (Phi) is 3.42. The molecule has 0 aromatic heterocycles. The lowest BCUT2D eigenvalue weighted by atomic mass is 9.98. The van der Waals surface area contributed by atoms with Gasteiger partial charge in [0.1, 0.15) is 5.82 Å². The number of hydrogen-bond donors (Lipinski definition) is 0. The fourth-order valence-corrected chi connectivity index (χ4v) is 1.91. The van der Waals surface area contributed by atoms with E-state index in [0.29, 0.717) is 11.1 Å². The summed E-state index contributed by atoms with van der Waals surface area (Å²) in [5, 5.41) is 0. The van der Waals surface area contributed by atoms with Crippen molar-refractivity contribution in [3.8, 4) is 0 Å². The molecule has 19 heavy (non-hydrogen) atoms. The minimum absolute atomic E-state index is 0.140. The van der Waals surface area contributed by atoms with Crippen molar-refractivity contribution in [1.82, 2.24) is 0 Å². The first kappa shape index (κ1) is 13.3. The van der Waals surface area contributed by atoms with Crippen LogP contribution in [0.5, 0.6) is 0 Å². The molecule has 0 aliphatic rings. The molecule has 0 unspecified atom stereocenters. The van der Waals surface area contributed by atoms with Crippen LogP contribution in [0.1, 0.15) is 27.0 Å². The Labute approximate surface area is 108 Å². The van der Waals surface area contributed by atoms with Crippen LogP contribution in [0.25, 0.3) is 0 Å². The summed E-state index contributed by atoms with van der Waals surface area (Å²) in [4.78, 5) is 12.1. The van der Waals surface area contributed by atoms with Gasteiger partial charge in [0.05, 0.1) is 5.56 Å². The zero-order chi connectivity index (χ0) is 14.2. The lowest BCUT2D eigenvalue weighted by Gasteiger charge is -2.07. The third kappa shape index (κ3) is 2.38. The van der Waals surface area contributed by atoms with Crippen LogP contribution in [0.4, 0.5) is 13.2 Å². The van der Waals surface area contributed by atoms with Gasteiger partial charge in [0, 0.05) is 5.56 Å². The average Bonchev–Trinajstić information content (AvgIpc) is 2.38. The maximum atomic E-state index is 13.5. The van der Waals surface area contributed by atoms with E-state index in [0.717, 1.165) is 6.07 Å². The topological polar surface area (TPSA) is 17.1 Å². The minimum Gasteiger partial charge on any atom is -0.288 e. The van der Waals surface area contributed by atoms with E-state index in [1.54, 1.807) is 0 Å². The normalized spacial score (nSPS) is 10.6. The molecule has 4 heteroatoms. The van der Waals surface area contributed by atoms with Gasteiger partial charge in [0.25, 0.3) is 0 Å². The summed E-state index contributed by atoms with van der Waals surface area (Å²) >= 11 is 0. The molecule has 0 spiro atoms. The molecule has 0 aliphatic carbocycles. The predicted molar refractivity (Wildman–Crippen MR) is 65.7 cm³/mol. The molecule has 0 radical (unpaired) electrons. The van der Waals surface area contributed by atoms with Gasteiger partial charge in [-0.1, -0.05) is 6.07 Å². The molecule has 2 rings (SSSR count). The van der Waals surface area contributed by atoms with Crippen LogP contribution >= 0.6 is 0 Å². The zero-order valence-electron chi connectivity index (χ0n) is 10.4. The second-order valence-corrected chi connectivity index (χ2v) is 4.35. The number of rotatable bonds is 2. The Bertz CT molecular complexity index is 639. The molecule has 0 amide bonds. The lowest BCUT2D eigenvalue weighted by Crippen LogP contribution is -2.07. The van der Waals surface area contributed by atoms with Crippen molar-refractivity contribution in [3.05, 3.63) is 70.0 Å². The zero-order valence-corrected chi connectivity index (χ0v) is 10.4. The number of ketones is 1. The number of aryl methyl sites for hydroxylation is 2. The number of hydrogen-bond acceptors (Lipinski definition) is 1. The summed E-state index contributed by atoms with van der Waals surface area (Å²) in [6.45, 7) is 3.03. The van der Waals surface area contributed by atoms with Crippen LogP contribution in [0, 0.1) is 31.3 Å². The van der Waals surface area contributed by atoms with Crippen molar-refractivity contribution >= 4 is 5.78 Å². The largest absolute Gasteiger partial charge is 0.288 e. The van der Waals surface area contributed by atoms with E-state index in [2.05, 4.69) is 0 Å². The smallest absolute Gasteiger partial charge is 0.196 e. The van der Waals surface area contributed by atoms with Crippen molar-refractivity contribution < 1.29 is 18.0 Å². The van der Waals surface area contributed by atoms with E-state index in [-0.39, 0.29) is 11.1 Å². The summed E-state index contributed by atoms with van der Waals surface area (Å²) in [5.74, 6) is -3.34. The Morgan fingerprint density at radius 2 is 1.53 bits per heavy atom. The highest BCUT2D eigenvalue weighted by molar-refractivity contribution is 6.09. The minimum atomic E-state index is -1.19. The Morgan fingerprint density at radius 1 is 0.947 bits per heavy atom. The summed E-state index contributed by atoms with van der Waals surface area (Å²) in [6.07, 6.45) is 0. The van der Waals surface area contributed by atoms with Crippen LogP contribution < -0.4 is 0 Å². The first-order valence-corrected chi connectivity index (χ1v) is 5.67. The van der Waals surface area contributed by atoms with E-state index in [4.69, 9.17) is 0 Å². The number of carbonyl (C=O) groups excluding carboxylic acids is 1. The number of benzene rings is 2. The van der Waals surface area contributed by atoms with Crippen molar-refractivity contribution in [1.29, 1.82) is 0 Å². The van der Waals surface area contributed by atoms with Gasteiger partial charge in [0.2, 0.25) is 0 Å². The molecule has 0 fully saturated rings. The Hall–Kier alpha value is -2.10. The molecule has 2 aromatic carbocycles. The molecule has 0 atom stereocenters. The van der Waals surface area contributed by atoms with Gasteiger partial charge >= 0.3 is 0 Å². The van der Waals surface area contributed by atoms with Gasteiger partial charge in [-0.3, -0.25) is 4.79 Å². The van der Waals surface area contributed by atoms with E-state index in [1.165, 1.54) is 38.1 Å². The average molecular weight is 264 g/mol. The number of halogens is 3. The maximum absolute atomic E-state index is 13.5. The fourth-order valence-electron chi connectivity index (χ4n) is 1.91. The third-order valence-corrected chi connectivity index (χ3v) is 2.89. The second kappa shape index (κ2) is 4.88. The summed E-state index contributed by atoms with van der Waals surface area (Å²) in [7, 11) is 0. The van der Waals surface area contributed by atoms with Crippen LogP contribution in [0.2, 0.25) is 0 Å². The molecule has 2 aromatic rings. The van der Waals surface area contributed by atoms with Gasteiger partial charge in [-0.15, -0.1) is 0 Å². The summed E-state index contributed by atoms with van der Waals surface area (Å²) < 4.78 is 40.1. The van der Waals surface area contributed by atoms with Crippen molar-refractivity contribution in [2.45, 2.75) is 13.8 Å². The molecule has 0 saturated heterocycles. The molecular weight excluding hydrogens is 253 g/mol. The quantitative estimate of drug-likeness (QED) is 0.750. The van der Waals surface area contributed by atoms with Crippen LogP contribution in [-0.2, 0) is 0 Å². The fraction of sp³-hybridized carbons (Fsp3) is 0.133. The molecule has 0 bridgehead atoms. The van der Waals surface area contributed by atoms with E-state index >= 15 is 0 Å². The first-order valence-electron chi connectivity index (χ1n) is 5.67. The maximum Gasteiger partial charge on any atom is 0.196 e. The van der Waals surface area contributed by atoms with Crippen LogP contribution in [0.3, 0.4) is 0 Å². The highest BCUT2D eigenvalue weighted by atomic mass is 19.2. The molecular formula is C15H11F3O. The lowest BCUT2D eigenvalue weighted by molar-refractivity contribution is 0.103. The van der Waals surface area contributed by atoms with E-state index < -0.39 is 23.2 Å². The Balaban J connectivity index is 2.53. The molecule has 98 valence electrons. The highest BCUT2D eigenvalue weighted by Gasteiger charge is 2.18. The van der Waals surface area contributed by atoms with Crippen molar-refractivity contribution in [3.63, 3.8) is 0 Å². The van der Waals surface area contributed by atoms with Gasteiger partial charge in [0.15, 0.2) is 17.4 Å². The van der Waals surface area contributed by atoms with Crippen LogP contribution in [0.15, 0.2) is 30.3 Å². The van der Waals surface area contributed by atoms with Gasteiger partial charge < -0.3 is 0 Å². The van der Waals surface area contributed by atoms with E-state index in [1.807, 2.05) is 0 Å². The number of carbonyl (C=O) groups is 1. The summed E-state index contributed by atoms with van der Waals surface area (Å²) in [5.41, 5.74) is 0.367. The van der Waals surface area contributed by atoms with E-state index in [9.17, 15) is 18.0 Å². The van der Waals surface area contributed by atoms with Crippen molar-refractivity contribution in [2.75, 3.05) is 0 Å². The molecule has 0 heterocycles. The summed E-state index contributed by atoms with van der Waals surface area (Å²) in [6, 6.07) is 6.06. The monoisotopic (exact) mass is 264 g/mol. The van der Waals surface area contributed by atoms with Gasteiger partial charge in [-0.05, 0) is 49.2 Å². The highest BCUT2D eigenvalue weighted by Crippen LogP contribution is 2.20. The third-order valence-electron chi connectivity index (χ3n) is 2.89. The standard InChI is InChI=1S/C15H11F3O/c1-8-6-10(7-9(2)13(8)17)15(19)11-4-3-5-12(16)14(11)18/h3-7H,1-2H3. The van der Waals surface area contributed by atoms with Crippen LogP contribution in [-0.4, -0.2) is 5.78 Å². The molecule has 1 nitrogen and oxygen atoms in total. The second-order valence-electron chi connectivity index (χ2n) is 4.35. The van der Waals surface area contributed by atoms with Crippen molar-refractivity contribution in [2.24, 2.45) is 0 Å². The Morgan fingerprint density at radius 3 is 2.11 bits per heavy atom. The van der Waals surface area contributed by atoms with Gasteiger partial charge in [-0.2, -0.15) is 0 Å². The first-order chi connectivity index (χ1) is 8.91. The molecule has 0 N–H and O–H groups in total.